The van der Waals surface area contributed by atoms with Gasteiger partial charge in [-0.2, -0.15) is 0 Å². The lowest BCUT2D eigenvalue weighted by molar-refractivity contribution is 0.0977. The molecular formula is C36H37FN6O3. The van der Waals surface area contributed by atoms with Crippen LogP contribution in [0.4, 0.5) is 10.1 Å². The zero-order valence-electron chi connectivity index (χ0n) is 25.9. The van der Waals surface area contributed by atoms with Crippen LogP contribution in [-0.4, -0.2) is 36.5 Å². The van der Waals surface area contributed by atoms with Gasteiger partial charge < -0.3 is 9.88 Å². The average molecular weight is 621 g/mol. The van der Waals surface area contributed by atoms with E-state index in [4.69, 9.17) is 4.98 Å². The molecule has 9 nitrogen and oxygen atoms in total. The third kappa shape index (κ3) is 5.91. The summed E-state index contributed by atoms with van der Waals surface area (Å²) in [5.41, 5.74) is 3.04. The van der Waals surface area contributed by atoms with Gasteiger partial charge in [-0.1, -0.05) is 43.2 Å². The van der Waals surface area contributed by atoms with E-state index in [-0.39, 0.29) is 23.5 Å². The number of benzene rings is 2. The summed E-state index contributed by atoms with van der Waals surface area (Å²) in [4.78, 5) is 54.9. The van der Waals surface area contributed by atoms with Gasteiger partial charge in [0.1, 0.15) is 17.2 Å². The van der Waals surface area contributed by atoms with Gasteiger partial charge in [-0.3, -0.25) is 23.7 Å². The summed E-state index contributed by atoms with van der Waals surface area (Å²) >= 11 is 0. The number of amides is 1. The van der Waals surface area contributed by atoms with Crippen molar-refractivity contribution in [3.8, 4) is 0 Å². The topological polar surface area (TPSA) is 106 Å². The molecule has 2 aromatic carbocycles. The van der Waals surface area contributed by atoms with Crippen LogP contribution in [0.2, 0.25) is 0 Å². The van der Waals surface area contributed by atoms with Gasteiger partial charge in [-0.25, -0.2) is 14.2 Å². The predicted octanol–water partition coefficient (Wildman–Crippen LogP) is 5.61. The number of carbonyl (C=O) groups excluding carboxylic acids is 1. The molecule has 10 heteroatoms. The molecule has 0 aliphatic heterocycles. The van der Waals surface area contributed by atoms with Crippen LogP contribution in [-0.2, 0) is 19.5 Å². The minimum absolute atomic E-state index is 0.0690. The molecule has 2 aliphatic rings. The number of H-pyrrole nitrogens is 1. The molecule has 46 heavy (non-hydrogen) atoms. The molecule has 7 rings (SSSR count). The summed E-state index contributed by atoms with van der Waals surface area (Å²) < 4.78 is 17.2. The Bertz CT molecular complexity index is 2000. The maximum Gasteiger partial charge on any atom is 0.333 e. The van der Waals surface area contributed by atoms with Crippen molar-refractivity contribution >= 4 is 22.8 Å². The Balaban J connectivity index is 1.18. The Morgan fingerprint density at radius 1 is 0.957 bits per heavy atom. The first-order chi connectivity index (χ1) is 22.3. The van der Waals surface area contributed by atoms with Gasteiger partial charge in [0.25, 0.3) is 11.5 Å². The van der Waals surface area contributed by atoms with E-state index in [2.05, 4.69) is 9.97 Å². The molecule has 5 aromatic rings. The van der Waals surface area contributed by atoms with Crippen LogP contribution >= 0.6 is 0 Å². The highest BCUT2D eigenvalue weighted by Crippen LogP contribution is 2.31. The van der Waals surface area contributed by atoms with Gasteiger partial charge in [-0.15, -0.1) is 0 Å². The molecule has 0 atom stereocenters. The van der Waals surface area contributed by atoms with Crippen LogP contribution in [0.5, 0.6) is 0 Å². The highest BCUT2D eigenvalue weighted by Gasteiger charge is 2.27. The predicted molar refractivity (Wildman–Crippen MR) is 175 cm³/mol. The molecule has 236 valence electrons. The summed E-state index contributed by atoms with van der Waals surface area (Å²) in [5, 5.41) is 0. The van der Waals surface area contributed by atoms with Crippen molar-refractivity contribution in [3.05, 3.63) is 122 Å². The van der Waals surface area contributed by atoms with Crippen LogP contribution in [0, 0.1) is 24.6 Å². The number of hydrogen-bond donors (Lipinski definition) is 1. The molecule has 0 saturated heterocycles. The number of nitrogens with one attached hydrogen (secondary N) is 1. The molecule has 1 amide bonds. The van der Waals surface area contributed by atoms with Crippen molar-refractivity contribution in [1.82, 2.24) is 24.1 Å². The summed E-state index contributed by atoms with van der Waals surface area (Å²) in [6.45, 7) is 2.87. The molecule has 0 unspecified atom stereocenters. The first-order valence-corrected chi connectivity index (χ1v) is 16.1. The fourth-order valence-corrected chi connectivity index (χ4v) is 6.31. The molecule has 0 bridgehead atoms. The first kappa shape index (κ1) is 29.8. The zero-order valence-corrected chi connectivity index (χ0v) is 25.9. The number of aromatic amines is 1. The lowest BCUT2D eigenvalue weighted by Gasteiger charge is -2.32. The quantitative estimate of drug-likeness (QED) is 0.218. The van der Waals surface area contributed by atoms with E-state index < -0.39 is 17.1 Å². The first-order valence-electron chi connectivity index (χ1n) is 16.1. The van der Waals surface area contributed by atoms with E-state index in [9.17, 15) is 18.8 Å². The van der Waals surface area contributed by atoms with E-state index in [1.165, 1.54) is 12.5 Å². The highest BCUT2D eigenvalue weighted by molar-refractivity contribution is 6.06. The van der Waals surface area contributed by atoms with Crippen molar-refractivity contribution in [2.75, 3.05) is 11.4 Å². The average Bonchev–Trinajstić information content (AvgIpc) is 3.43. The molecule has 1 N–H and O–H groups in total. The number of carbonyl (C=O) groups is 1. The van der Waals surface area contributed by atoms with E-state index >= 15 is 0 Å². The number of fused-ring (bicyclic) bond motifs is 1. The lowest BCUT2D eigenvalue weighted by atomic mass is 9.85. The second-order valence-corrected chi connectivity index (χ2v) is 12.8. The molecule has 2 saturated carbocycles. The number of pyridine rings is 1. The van der Waals surface area contributed by atoms with Gasteiger partial charge in [0.2, 0.25) is 0 Å². The Labute approximate surface area is 265 Å². The van der Waals surface area contributed by atoms with Crippen LogP contribution in [0.3, 0.4) is 0 Å². The summed E-state index contributed by atoms with van der Waals surface area (Å²) in [6.07, 6.45) is 8.62. The van der Waals surface area contributed by atoms with Crippen molar-refractivity contribution < 1.29 is 9.18 Å². The van der Waals surface area contributed by atoms with Crippen molar-refractivity contribution in [2.45, 2.75) is 65.0 Å². The number of anilines is 1. The second-order valence-electron chi connectivity index (χ2n) is 12.8. The number of aryl methyl sites for hydroxylation is 1. The normalized spacial score (nSPS) is 15.1. The summed E-state index contributed by atoms with van der Waals surface area (Å²) in [7, 11) is 0. The van der Waals surface area contributed by atoms with Crippen molar-refractivity contribution in [1.29, 1.82) is 0 Å². The Hall–Kier alpha value is -4.86. The molecule has 0 spiro atoms. The minimum atomic E-state index is -0.516. The number of halogens is 1. The minimum Gasteiger partial charge on any atom is -0.336 e. The Kier molecular flexibility index (Phi) is 8.11. The van der Waals surface area contributed by atoms with E-state index in [0.717, 1.165) is 53.6 Å². The number of imidazole rings is 1. The highest BCUT2D eigenvalue weighted by atomic mass is 19.1. The van der Waals surface area contributed by atoms with Gasteiger partial charge >= 0.3 is 5.69 Å². The summed E-state index contributed by atoms with van der Waals surface area (Å²) in [5.74, 6) is 0.849. The Morgan fingerprint density at radius 2 is 1.70 bits per heavy atom. The third-order valence-electron chi connectivity index (χ3n) is 9.55. The van der Waals surface area contributed by atoms with Crippen molar-refractivity contribution in [2.24, 2.45) is 11.8 Å². The van der Waals surface area contributed by atoms with Crippen molar-refractivity contribution in [3.63, 3.8) is 0 Å². The monoisotopic (exact) mass is 620 g/mol. The molecule has 3 aromatic heterocycles. The summed E-state index contributed by atoms with van der Waals surface area (Å²) in [6, 6.07) is 17.7. The molecular weight excluding hydrogens is 583 g/mol. The fraction of sp³-hybridized carbons (Fsp3) is 0.361. The van der Waals surface area contributed by atoms with E-state index in [1.807, 2.05) is 48.2 Å². The van der Waals surface area contributed by atoms with Gasteiger partial charge in [0.05, 0.1) is 12.1 Å². The number of hydrogen-bond acceptors (Lipinski definition) is 5. The molecule has 2 fully saturated rings. The molecule has 3 heterocycles. The van der Waals surface area contributed by atoms with Gasteiger partial charge in [0.15, 0.2) is 5.65 Å². The zero-order chi connectivity index (χ0) is 31.8. The molecule has 2 aliphatic carbocycles. The van der Waals surface area contributed by atoms with E-state index in [0.29, 0.717) is 48.4 Å². The van der Waals surface area contributed by atoms with Crippen LogP contribution in [0.15, 0.2) is 76.4 Å². The van der Waals surface area contributed by atoms with Crippen LogP contribution in [0.1, 0.15) is 71.5 Å². The third-order valence-corrected chi connectivity index (χ3v) is 9.55. The largest absolute Gasteiger partial charge is 0.336 e. The number of rotatable bonds is 10. The smallest absolute Gasteiger partial charge is 0.333 e. The van der Waals surface area contributed by atoms with Crippen LogP contribution < -0.4 is 16.1 Å². The Morgan fingerprint density at radius 3 is 2.35 bits per heavy atom. The second kappa shape index (κ2) is 12.5. The maximum atomic E-state index is 14.5. The standard InChI is InChI=1S/C36H37FN6O3/c1-23-12-15-27(19-38-23)34(44)41(20-25-6-4-7-25)29-16-13-24(14-17-29)18-31-39-32-33(40-31)42(21-26-8-5-9-26)36(46)43(35(32)45)22-28-10-2-3-11-30(28)37/h2-3,10-17,19,25-26H,4-9,18,20-22H2,1H3,(H,39,40). The number of nitrogens with zero attached hydrogens (tertiary/aromatic N) is 5. The lowest BCUT2D eigenvalue weighted by Crippen LogP contribution is -2.42. The molecule has 0 radical (unpaired) electrons. The number of aromatic nitrogens is 5. The van der Waals surface area contributed by atoms with Gasteiger partial charge in [0, 0.05) is 42.7 Å². The van der Waals surface area contributed by atoms with Crippen LogP contribution in [0.25, 0.3) is 11.2 Å². The van der Waals surface area contributed by atoms with Gasteiger partial charge in [-0.05, 0) is 80.3 Å². The van der Waals surface area contributed by atoms with E-state index in [1.54, 1.807) is 29.0 Å². The maximum absolute atomic E-state index is 14.5. The fourth-order valence-electron chi connectivity index (χ4n) is 6.31. The SMILES string of the molecule is Cc1ccc(C(=O)N(CC2CCC2)c2ccc(Cc3nc4c([nH]3)c(=O)n(Cc3ccccc3F)c(=O)n4CC3CCC3)cc2)cn1.